The fourth-order valence-electron chi connectivity index (χ4n) is 2.55. The van der Waals surface area contributed by atoms with Crippen molar-refractivity contribution in [1.29, 1.82) is 0 Å². The van der Waals surface area contributed by atoms with Crippen molar-refractivity contribution in [2.75, 3.05) is 17.1 Å². The van der Waals surface area contributed by atoms with Crippen LogP contribution in [0.5, 0.6) is 5.75 Å². The van der Waals surface area contributed by atoms with Crippen molar-refractivity contribution in [2.45, 2.75) is 31.1 Å². The second kappa shape index (κ2) is 8.19. The second-order valence-corrected chi connectivity index (χ2v) is 9.32. The van der Waals surface area contributed by atoms with Crippen molar-refractivity contribution in [3.05, 3.63) is 65.9 Å². The number of rotatable bonds is 6. The number of methoxy groups -OCH3 is 1. The zero-order valence-electron chi connectivity index (χ0n) is 17.1. The zero-order valence-corrected chi connectivity index (χ0v) is 17.9. The molecule has 0 spiro atoms. The van der Waals surface area contributed by atoms with Crippen LogP contribution in [0.1, 0.15) is 36.9 Å². The summed E-state index contributed by atoms with van der Waals surface area (Å²) in [6.45, 7) is 5.88. The van der Waals surface area contributed by atoms with Crippen molar-refractivity contribution in [1.82, 2.24) is 5.16 Å². The lowest BCUT2D eigenvalue weighted by atomic mass is 9.93. The summed E-state index contributed by atoms with van der Waals surface area (Å²) in [6, 6.07) is 13.8. The molecule has 0 radical (unpaired) electrons. The third kappa shape index (κ3) is 4.98. The van der Waals surface area contributed by atoms with Gasteiger partial charge >= 0.3 is 0 Å². The van der Waals surface area contributed by atoms with Gasteiger partial charge in [0.2, 0.25) is 0 Å². The van der Waals surface area contributed by atoms with Gasteiger partial charge in [-0.15, -0.1) is 0 Å². The van der Waals surface area contributed by atoms with Gasteiger partial charge in [0.1, 0.15) is 11.5 Å². The summed E-state index contributed by atoms with van der Waals surface area (Å²) in [6.07, 6.45) is 0. The van der Waals surface area contributed by atoms with E-state index in [2.05, 4.69) is 15.2 Å². The molecule has 0 saturated heterocycles. The first-order chi connectivity index (χ1) is 14.1. The van der Waals surface area contributed by atoms with E-state index in [4.69, 9.17) is 9.26 Å². The highest BCUT2D eigenvalue weighted by Gasteiger charge is 2.21. The summed E-state index contributed by atoms with van der Waals surface area (Å²) >= 11 is 0. The molecule has 1 aromatic heterocycles. The van der Waals surface area contributed by atoms with Crippen LogP contribution in [0.4, 0.5) is 11.5 Å². The number of anilines is 2. The van der Waals surface area contributed by atoms with Crippen molar-refractivity contribution in [2.24, 2.45) is 0 Å². The van der Waals surface area contributed by atoms with Gasteiger partial charge in [0.15, 0.2) is 5.82 Å². The van der Waals surface area contributed by atoms with Crippen LogP contribution in [0.25, 0.3) is 0 Å². The lowest BCUT2D eigenvalue weighted by Crippen LogP contribution is -2.16. The number of amides is 1. The minimum atomic E-state index is -3.88. The van der Waals surface area contributed by atoms with Gasteiger partial charge in [-0.2, -0.15) is 0 Å². The zero-order chi connectivity index (χ0) is 21.9. The molecular formula is C21H23N3O5S. The smallest absolute Gasteiger partial charge is 0.261 e. The predicted molar refractivity (Wildman–Crippen MR) is 113 cm³/mol. The van der Waals surface area contributed by atoms with E-state index in [-0.39, 0.29) is 21.7 Å². The molecule has 158 valence electrons. The standard InChI is InChI=1S/C21H23N3O5S/c1-21(2,3)18-13-19(23-29-18)22-20(25)14-6-5-7-17(12-14)30(26,27)24-15-8-10-16(28-4)11-9-15/h5-13,24H,1-4H3,(H,22,23,25). The topological polar surface area (TPSA) is 111 Å². The number of nitrogens with one attached hydrogen (secondary N) is 2. The van der Waals surface area contributed by atoms with Gasteiger partial charge in [0.25, 0.3) is 15.9 Å². The molecule has 0 atom stereocenters. The molecule has 9 heteroatoms. The first-order valence-corrected chi connectivity index (χ1v) is 10.6. The highest BCUT2D eigenvalue weighted by atomic mass is 32.2. The summed E-state index contributed by atoms with van der Waals surface area (Å²) in [5.41, 5.74) is 0.299. The van der Waals surface area contributed by atoms with Crippen LogP contribution in [0.15, 0.2) is 64.0 Å². The van der Waals surface area contributed by atoms with Crippen LogP contribution in [0.3, 0.4) is 0 Å². The molecule has 0 unspecified atom stereocenters. The minimum absolute atomic E-state index is 0.0403. The molecule has 0 bridgehead atoms. The fourth-order valence-corrected chi connectivity index (χ4v) is 3.66. The Hall–Kier alpha value is -3.33. The molecule has 2 N–H and O–H groups in total. The van der Waals surface area contributed by atoms with Crippen LogP contribution in [0.2, 0.25) is 0 Å². The number of hydrogen-bond donors (Lipinski definition) is 2. The van der Waals surface area contributed by atoms with E-state index in [1.165, 1.54) is 31.4 Å². The third-order valence-corrected chi connectivity index (χ3v) is 5.62. The van der Waals surface area contributed by atoms with Crippen LogP contribution >= 0.6 is 0 Å². The van der Waals surface area contributed by atoms with Crippen molar-refractivity contribution < 1.29 is 22.5 Å². The summed E-state index contributed by atoms with van der Waals surface area (Å²) in [4.78, 5) is 12.5. The molecule has 8 nitrogen and oxygen atoms in total. The monoisotopic (exact) mass is 429 g/mol. The number of hydrogen-bond acceptors (Lipinski definition) is 6. The molecule has 1 amide bonds. The SMILES string of the molecule is COc1ccc(NS(=O)(=O)c2cccc(C(=O)Nc3cc(C(C)(C)C)on3)c2)cc1. The molecule has 0 fully saturated rings. The quantitative estimate of drug-likeness (QED) is 0.612. The molecule has 0 aliphatic rings. The Labute approximate surface area is 175 Å². The molecule has 0 saturated carbocycles. The van der Waals surface area contributed by atoms with Crippen molar-refractivity contribution in [3.8, 4) is 5.75 Å². The average Bonchev–Trinajstić information content (AvgIpc) is 3.17. The maximum atomic E-state index is 12.7. The number of benzene rings is 2. The average molecular weight is 429 g/mol. The number of ether oxygens (including phenoxy) is 1. The Morgan fingerprint density at radius 2 is 1.77 bits per heavy atom. The number of sulfonamides is 1. The largest absolute Gasteiger partial charge is 0.497 e. The fraction of sp³-hybridized carbons (Fsp3) is 0.238. The Kier molecular flexibility index (Phi) is 5.84. The maximum Gasteiger partial charge on any atom is 0.261 e. The molecular weight excluding hydrogens is 406 g/mol. The van der Waals surface area contributed by atoms with Gasteiger partial charge in [0, 0.05) is 22.7 Å². The molecule has 30 heavy (non-hydrogen) atoms. The van der Waals surface area contributed by atoms with E-state index in [1.807, 2.05) is 20.8 Å². The number of aromatic nitrogens is 1. The van der Waals surface area contributed by atoms with Gasteiger partial charge in [-0.05, 0) is 42.5 Å². The Morgan fingerprint density at radius 3 is 2.37 bits per heavy atom. The predicted octanol–water partition coefficient (Wildman–Crippen LogP) is 4.03. The molecule has 3 rings (SSSR count). The van der Waals surface area contributed by atoms with E-state index in [1.54, 1.807) is 30.3 Å². The van der Waals surface area contributed by atoms with Crippen LogP contribution in [-0.2, 0) is 15.4 Å². The molecule has 3 aromatic rings. The van der Waals surface area contributed by atoms with E-state index in [0.29, 0.717) is 17.2 Å². The Morgan fingerprint density at radius 1 is 1.07 bits per heavy atom. The van der Waals surface area contributed by atoms with Gasteiger partial charge in [0.05, 0.1) is 12.0 Å². The van der Waals surface area contributed by atoms with Crippen molar-refractivity contribution >= 4 is 27.4 Å². The summed E-state index contributed by atoms with van der Waals surface area (Å²) in [5, 5.41) is 6.46. The van der Waals surface area contributed by atoms with E-state index in [9.17, 15) is 13.2 Å². The summed E-state index contributed by atoms with van der Waals surface area (Å²) < 4.78 is 38.2. The van der Waals surface area contributed by atoms with Crippen molar-refractivity contribution in [3.63, 3.8) is 0 Å². The minimum Gasteiger partial charge on any atom is -0.497 e. The first kappa shape index (κ1) is 21.4. The number of nitrogens with zero attached hydrogens (tertiary/aromatic N) is 1. The van der Waals surface area contributed by atoms with Gasteiger partial charge in [-0.1, -0.05) is 32.0 Å². The van der Waals surface area contributed by atoms with E-state index in [0.717, 1.165) is 0 Å². The van der Waals surface area contributed by atoms with E-state index < -0.39 is 15.9 Å². The molecule has 0 aliphatic heterocycles. The normalized spacial score (nSPS) is 11.7. The highest BCUT2D eigenvalue weighted by Crippen LogP contribution is 2.25. The Bertz CT molecular complexity index is 1150. The van der Waals surface area contributed by atoms with Gasteiger partial charge in [-0.25, -0.2) is 8.42 Å². The number of carbonyl (C=O) groups excluding carboxylic acids is 1. The second-order valence-electron chi connectivity index (χ2n) is 7.64. The molecule has 1 heterocycles. The molecule has 2 aromatic carbocycles. The first-order valence-electron chi connectivity index (χ1n) is 9.14. The summed E-state index contributed by atoms with van der Waals surface area (Å²) in [7, 11) is -2.36. The molecule has 0 aliphatic carbocycles. The van der Waals surface area contributed by atoms with Gasteiger partial charge in [-0.3, -0.25) is 9.52 Å². The third-order valence-electron chi connectivity index (χ3n) is 4.24. The van der Waals surface area contributed by atoms with Gasteiger partial charge < -0.3 is 14.6 Å². The van der Waals surface area contributed by atoms with E-state index >= 15 is 0 Å². The highest BCUT2D eigenvalue weighted by molar-refractivity contribution is 7.92. The van der Waals surface area contributed by atoms with Crippen LogP contribution in [-0.4, -0.2) is 26.6 Å². The number of carbonyl (C=O) groups is 1. The summed E-state index contributed by atoms with van der Waals surface area (Å²) in [5.74, 6) is 0.997. The van der Waals surface area contributed by atoms with Crippen LogP contribution < -0.4 is 14.8 Å². The lowest BCUT2D eigenvalue weighted by molar-refractivity contribution is 0.102. The van der Waals surface area contributed by atoms with Crippen LogP contribution in [0, 0.1) is 0 Å². The Balaban J connectivity index is 1.77. The maximum absolute atomic E-state index is 12.7. The lowest BCUT2D eigenvalue weighted by Gasteiger charge is -2.12.